The average molecular weight is 320 g/mol. The second kappa shape index (κ2) is 7.58. The SMILES string of the molecule is COc1ccc(C)cc1NCCC(=O)Nc1ccc(F)cc1F. The number of anilines is 2. The van der Waals surface area contributed by atoms with Gasteiger partial charge < -0.3 is 15.4 Å². The van der Waals surface area contributed by atoms with E-state index < -0.39 is 11.6 Å². The maximum atomic E-state index is 13.5. The van der Waals surface area contributed by atoms with Gasteiger partial charge in [0.25, 0.3) is 0 Å². The Morgan fingerprint density at radius 2 is 1.91 bits per heavy atom. The molecule has 0 saturated carbocycles. The Labute approximate surface area is 133 Å². The molecule has 0 aliphatic heterocycles. The zero-order valence-corrected chi connectivity index (χ0v) is 13.0. The standard InChI is InChI=1S/C17H18F2N2O2/c1-11-3-6-16(23-2)15(9-11)20-8-7-17(22)21-14-5-4-12(18)10-13(14)19/h3-6,9-10,20H,7-8H2,1-2H3,(H,21,22). The first kappa shape index (κ1) is 16.7. The number of carbonyl (C=O) groups is 1. The van der Waals surface area contributed by atoms with Crippen molar-refractivity contribution < 1.29 is 18.3 Å². The Bertz CT molecular complexity index is 705. The summed E-state index contributed by atoms with van der Waals surface area (Å²) in [6.45, 7) is 2.31. The summed E-state index contributed by atoms with van der Waals surface area (Å²) in [7, 11) is 1.57. The molecule has 2 N–H and O–H groups in total. The molecule has 0 unspecified atom stereocenters. The molecule has 2 aromatic carbocycles. The summed E-state index contributed by atoms with van der Waals surface area (Å²) in [5, 5.41) is 5.52. The van der Waals surface area contributed by atoms with Crippen molar-refractivity contribution in [3.63, 3.8) is 0 Å². The number of hydrogen-bond acceptors (Lipinski definition) is 3. The van der Waals surface area contributed by atoms with Crippen LogP contribution in [0.25, 0.3) is 0 Å². The number of methoxy groups -OCH3 is 1. The van der Waals surface area contributed by atoms with Crippen molar-refractivity contribution in [1.82, 2.24) is 0 Å². The highest BCUT2D eigenvalue weighted by molar-refractivity contribution is 5.91. The van der Waals surface area contributed by atoms with Gasteiger partial charge in [-0.15, -0.1) is 0 Å². The van der Waals surface area contributed by atoms with Crippen LogP contribution < -0.4 is 15.4 Å². The van der Waals surface area contributed by atoms with Gasteiger partial charge in [0.2, 0.25) is 5.91 Å². The van der Waals surface area contributed by atoms with Crippen molar-refractivity contribution in [3.05, 3.63) is 53.6 Å². The van der Waals surface area contributed by atoms with E-state index in [2.05, 4.69) is 10.6 Å². The number of ether oxygens (including phenoxy) is 1. The normalized spacial score (nSPS) is 10.3. The van der Waals surface area contributed by atoms with Crippen LogP contribution in [0.3, 0.4) is 0 Å². The van der Waals surface area contributed by atoms with Crippen LogP contribution in [0.5, 0.6) is 5.75 Å². The summed E-state index contributed by atoms with van der Waals surface area (Å²) in [5.41, 5.74) is 1.81. The minimum absolute atomic E-state index is 0.0375. The zero-order chi connectivity index (χ0) is 16.8. The molecule has 1 amide bonds. The molecular weight excluding hydrogens is 302 g/mol. The lowest BCUT2D eigenvalue weighted by Crippen LogP contribution is -2.17. The van der Waals surface area contributed by atoms with E-state index >= 15 is 0 Å². The van der Waals surface area contributed by atoms with Gasteiger partial charge in [0.05, 0.1) is 18.5 Å². The van der Waals surface area contributed by atoms with Gasteiger partial charge in [-0.3, -0.25) is 4.79 Å². The number of amides is 1. The fourth-order valence-electron chi connectivity index (χ4n) is 2.07. The van der Waals surface area contributed by atoms with Crippen LogP contribution >= 0.6 is 0 Å². The fourth-order valence-corrected chi connectivity index (χ4v) is 2.07. The Hall–Kier alpha value is -2.63. The fraction of sp³-hybridized carbons (Fsp3) is 0.235. The molecule has 6 heteroatoms. The van der Waals surface area contributed by atoms with Crippen LogP contribution in [0, 0.1) is 18.6 Å². The lowest BCUT2D eigenvalue weighted by molar-refractivity contribution is -0.116. The minimum Gasteiger partial charge on any atom is -0.495 e. The Kier molecular flexibility index (Phi) is 5.51. The first-order chi connectivity index (χ1) is 11.0. The quantitative estimate of drug-likeness (QED) is 0.853. The largest absolute Gasteiger partial charge is 0.495 e. The maximum Gasteiger partial charge on any atom is 0.226 e. The lowest BCUT2D eigenvalue weighted by atomic mass is 10.2. The third kappa shape index (κ3) is 4.67. The van der Waals surface area contributed by atoms with Gasteiger partial charge in [0.15, 0.2) is 0 Å². The summed E-state index contributed by atoms with van der Waals surface area (Å²) < 4.78 is 31.5. The van der Waals surface area contributed by atoms with E-state index in [0.29, 0.717) is 12.3 Å². The van der Waals surface area contributed by atoms with Gasteiger partial charge in [-0.1, -0.05) is 6.07 Å². The number of halogens is 2. The molecule has 0 radical (unpaired) electrons. The van der Waals surface area contributed by atoms with Gasteiger partial charge in [0, 0.05) is 19.0 Å². The summed E-state index contributed by atoms with van der Waals surface area (Å²) in [4.78, 5) is 11.8. The number of benzene rings is 2. The summed E-state index contributed by atoms with van der Waals surface area (Å²) >= 11 is 0. The van der Waals surface area contributed by atoms with Gasteiger partial charge in [-0.05, 0) is 36.8 Å². The second-order valence-electron chi connectivity index (χ2n) is 5.05. The molecule has 2 aromatic rings. The van der Waals surface area contributed by atoms with Crippen LogP contribution in [0.4, 0.5) is 20.2 Å². The zero-order valence-electron chi connectivity index (χ0n) is 13.0. The van der Waals surface area contributed by atoms with Gasteiger partial charge in [-0.2, -0.15) is 0 Å². The van der Waals surface area contributed by atoms with Crippen molar-refractivity contribution in [2.75, 3.05) is 24.3 Å². The molecule has 0 heterocycles. The predicted molar refractivity (Wildman–Crippen MR) is 85.8 cm³/mol. The molecule has 0 aromatic heterocycles. The minimum atomic E-state index is -0.799. The second-order valence-corrected chi connectivity index (χ2v) is 5.05. The molecule has 0 bridgehead atoms. The van der Waals surface area contributed by atoms with Crippen LogP contribution in [0.2, 0.25) is 0 Å². The highest BCUT2D eigenvalue weighted by Crippen LogP contribution is 2.25. The Morgan fingerprint density at radius 3 is 2.61 bits per heavy atom. The van der Waals surface area contributed by atoms with Crippen molar-refractivity contribution in [3.8, 4) is 5.75 Å². The molecule has 2 rings (SSSR count). The molecule has 0 saturated heterocycles. The number of rotatable bonds is 6. The monoisotopic (exact) mass is 320 g/mol. The predicted octanol–water partition coefficient (Wildman–Crippen LogP) is 3.72. The molecular formula is C17H18F2N2O2. The van der Waals surface area contributed by atoms with Gasteiger partial charge in [0.1, 0.15) is 17.4 Å². The lowest BCUT2D eigenvalue weighted by Gasteiger charge is -2.12. The Balaban J connectivity index is 1.89. The molecule has 0 aliphatic rings. The molecule has 4 nitrogen and oxygen atoms in total. The third-order valence-corrected chi connectivity index (χ3v) is 3.23. The van der Waals surface area contributed by atoms with E-state index in [0.717, 1.165) is 23.4 Å². The Morgan fingerprint density at radius 1 is 1.13 bits per heavy atom. The highest BCUT2D eigenvalue weighted by atomic mass is 19.1. The molecule has 0 spiro atoms. The smallest absolute Gasteiger partial charge is 0.226 e. The highest BCUT2D eigenvalue weighted by Gasteiger charge is 2.09. The van der Waals surface area contributed by atoms with Crippen molar-refractivity contribution >= 4 is 17.3 Å². The topological polar surface area (TPSA) is 50.4 Å². The van der Waals surface area contributed by atoms with Crippen molar-refractivity contribution in [1.29, 1.82) is 0 Å². The van der Waals surface area contributed by atoms with Crippen LogP contribution in [-0.2, 0) is 4.79 Å². The average Bonchev–Trinajstić information content (AvgIpc) is 2.50. The van der Waals surface area contributed by atoms with E-state index in [1.54, 1.807) is 7.11 Å². The van der Waals surface area contributed by atoms with E-state index in [-0.39, 0.29) is 18.0 Å². The van der Waals surface area contributed by atoms with E-state index in [1.807, 2.05) is 25.1 Å². The first-order valence-corrected chi connectivity index (χ1v) is 7.13. The third-order valence-electron chi connectivity index (χ3n) is 3.23. The van der Waals surface area contributed by atoms with E-state index in [9.17, 15) is 13.6 Å². The van der Waals surface area contributed by atoms with Crippen molar-refractivity contribution in [2.45, 2.75) is 13.3 Å². The van der Waals surface area contributed by atoms with Gasteiger partial charge >= 0.3 is 0 Å². The summed E-state index contributed by atoms with van der Waals surface area (Å²) in [5.74, 6) is -1.17. The van der Waals surface area contributed by atoms with E-state index in [4.69, 9.17) is 4.74 Å². The van der Waals surface area contributed by atoms with Crippen LogP contribution in [0.1, 0.15) is 12.0 Å². The number of nitrogens with one attached hydrogen (secondary N) is 2. The van der Waals surface area contributed by atoms with Crippen LogP contribution in [-0.4, -0.2) is 19.6 Å². The molecule has 0 atom stereocenters. The molecule has 0 fully saturated rings. The van der Waals surface area contributed by atoms with Gasteiger partial charge in [-0.25, -0.2) is 8.78 Å². The summed E-state index contributed by atoms with van der Waals surface area (Å²) in [6, 6.07) is 8.69. The first-order valence-electron chi connectivity index (χ1n) is 7.13. The number of aryl methyl sites for hydroxylation is 1. The number of carbonyl (C=O) groups excluding carboxylic acids is 1. The summed E-state index contributed by atoms with van der Waals surface area (Å²) in [6.07, 6.45) is 0.133. The molecule has 0 aliphatic carbocycles. The van der Waals surface area contributed by atoms with Crippen molar-refractivity contribution in [2.24, 2.45) is 0 Å². The van der Waals surface area contributed by atoms with Crippen LogP contribution in [0.15, 0.2) is 36.4 Å². The molecule has 23 heavy (non-hydrogen) atoms. The van der Waals surface area contributed by atoms with E-state index in [1.165, 1.54) is 6.07 Å². The molecule has 122 valence electrons. The maximum absolute atomic E-state index is 13.5. The number of hydrogen-bond donors (Lipinski definition) is 2.